The first kappa shape index (κ1) is 19.1. The van der Waals surface area contributed by atoms with Crippen LogP contribution in [-0.2, 0) is 10.0 Å². The van der Waals surface area contributed by atoms with Crippen molar-refractivity contribution in [2.24, 2.45) is 0 Å². The molecule has 1 aliphatic heterocycles. The predicted octanol–water partition coefficient (Wildman–Crippen LogP) is 3.62. The topological polar surface area (TPSA) is 57.9 Å². The third-order valence-electron chi connectivity index (χ3n) is 5.83. The lowest BCUT2D eigenvalue weighted by atomic mass is 10.2. The van der Waals surface area contributed by atoms with Crippen molar-refractivity contribution in [3.05, 3.63) is 71.9 Å². The van der Waals surface area contributed by atoms with E-state index < -0.39 is 10.0 Å². The largest absolute Gasteiger partial charge is 0.352 e. The van der Waals surface area contributed by atoms with Gasteiger partial charge < -0.3 is 9.30 Å². The normalized spacial score (nSPS) is 15.9. The number of rotatable bonds is 3. The summed E-state index contributed by atoms with van der Waals surface area (Å²) >= 11 is 0. The van der Waals surface area contributed by atoms with Gasteiger partial charge in [0.15, 0.2) is 5.82 Å². The van der Waals surface area contributed by atoms with Crippen LogP contribution in [0.1, 0.15) is 11.1 Å². The van der Waals surface area contributed by atoms with Gasteiger partial charge in [0.05, 0.1) is 21.4 Å². The summed E-state index contributed by atoms with van der Waals surface area (Å²) in [5.74, 6) is 0.905. The van der Waals surface area contributed by atoms with Crippen LogP contribution in [0.25, 0.3) is 16.6 Å². The fourth-order valence-electron chi connectivity index (χ4n) is 4.31. The molecule has 0 amide bonds. The molecule has 1 saturated heterocycles. The fraction of sp³-hybridized carbons (Fsp3) is 0.261. The maximum absolute atomic E-state index is 13.2. The van der Waals surface area contributed by atoms with Gasteiger partial charge in [0, 0.05) is 32.4 Å². The second-order valence-electron chi connectivity index (χ2n) is 7.85. The Balaban J connectivity index is 1.44. The summed E-state index contributed by atoms with van der Waals surface area (Å²) in [6, 6.07) is 17.7. The Hall–Kier alpha value is -2.90. The van der Waals surface area contributed by atoms with Gasteiger partial charge in [-0.3, -0.25) is 0 Å². The number of sulfonamides is 1. The molecule has 6 nitrogen and oxygen atoms in total. The maximum Gasteiger partial charge on any atom is 0.243 e. The lowest BCUT2D eigenvalue weighted by Crippen LogP contribution is -2.49. The van der Waals surface area contributed by atoms with Crippen molar-refractivity contribution < 1.29 is 8.42 Å². The summed E-state index contributed by atoms with van der Waals surface area (Å²) in [7, 11) is -3.50. The van der Waals surface area contributed by atoms with Gasteiger partial charge in [-0.25, -0.2) is 13.4 Å². The van der Waals surface area contributed by atoms with Crippen LogP contribution in [-0.4, -0.2) is 48.3 Å². The number of aryl methyl sites for hydroxylation is 2. The Morgan fingerprint density at radius 3 is 2.37 bits per heavy atom. The second-order valence-corrected chi connectivity index (χ2v) is 9.75. The highest BCUT2D eigenvalue weighted by molar-refractivity contribution is 7.89. The van der Waals surface area contributed by atoms with Crippen LogP contribution in [0.15, 0.2) is 65.7 Å². The van der Waals surface area contributed by atoms with Crippen LogP contribution in [0.2, 0.25) is 0 Å². The number of benzene rings is 2. The number of para-hydroxylation sites is 2. The van der Waals surface area contributed by atoms with Gasteiger partial charge in [0.25, 0.3) is 0 Å². The highest BCUT2D eigenvalue weighted by Gasteiger charge is 2.30. The zero-order valence-electron chi connectivity index (χ0n) is 17.1. The lowest BCUT2D eigenvalue weighted by molar-refractivity contribution is 0.384. The molecular weight excluding hydrogens is 396 g/mol. The van der Waals surface area contributed by atoms with Gasteiger partial charge in [0.2, 0.25) is 10.0 Å². The van der Waals surface area contributed by atoms with E-state index in [1.165, 1.54) is 0 Å². The first-order valence-electron chi connectivity index (χ1n) is 10.1. The summed E-state index contributed by atoms with van der Waals surface area (Å²) in [5, 5.41) is 0. The molecule has 3 heterocycles. The Kier molecular flexibility index (Phi) is 4.52. The van der Waals surface area contributed by atoms with Crippen molar-refractivity contribution in [2.45, 2.75) is 18.7 Å². The number of hydrogen-bond acceptors (Lipinski definition) is 4. The average molecular weight is 421 g/mol. The van der Waals surface area contributed by atoms with Gasteiger partial charge in [-0.1, -0.05) is 29.8 Å². The van der Waals surface area contributed by atoms with E-state index in [9.17, 15) is 8.42 Å². The quantitative estimate of drug-likeness (QED) is 0.508. The van der Waals surface area contributed by atoms with Crippen LogP contribution in [0.5, 0.6) is 0 Å². The Morgan fingerprint density at radius 1 is 0.867 bits per heavy atom. The zero-order valence-corrected chi connectivity index (χ0v) is 17.9. The molecule has 1 aliphatic rings. The Bertz CT molecular complexity index is 1350. The molecule has 7 heteroatoms. The Morgan fingerprint density at radius 2 is 1.60 bits per heavy atom. The molecule has 2 aromatic heterocycles. The van der Waals surface area contributed by atoms with E-state index in [1.54, 1.807) is 10.4 Å². The minimum Gasteiger partial charge on any atom is -0.352 e. The molecule has 0 spiro atoms. The monoisotopic (exact) mass is 420 g/mol. The molecule has 0 radical (unpaired) electrons. The summed E-state index contributed by atoms with van der Waals surface area (Å²) in [4.78, 5) is 7.50. The molecule has 0 aliphatic carbocycles. The first-order valence-corrected chi connectivity index (χ1v) is 11.6. The molecule has 0 atom stereocenters. The molecule has 2 aromatic carbocycles. The lowest BCUT2D eigenvalue weighted by Gasteiger charge is -2.35. The predicted molar refractivity (Wildman–Crippen MR) is 120 cm³/mol. The number of nitrogens with zero attached hydrogens (tertiary/aromatic N) is 4. The number of hydrogen-bond donors (Lipinski definition) is 0. The number of piperazine rings is 1. The zero-order chi connectivity index (χ0) is 20.9. The smallest absolute Gasteiger partial charge is 0.243 e. The van der Waals surface area contributed by atoms with Gasteiger partial charge in [0.1, 0.15) is 0 Å². The van der Waals surface area contributed by atoms with Crippen LogP contribution < -0.4 is 4.90 Å². The summed E-state index contributed by atoms with van der Waals surface area (Å²) < 4.78 is 30.1. The molecule has 30 heavy (non-hydrogen) atoms. The minimum atomic E-state index is -3.50. The van der Waals surface area contributed by atoms with Gasteiger partial charge in [-0.15, -0.1) is 0 Å². The van der Waals surface area contributed by atoms with E-state index >= 15 is 0 Å². The summed E-state index contributed by atoms with van der Waals surface area (Å²) in [6.07, 6.45) is 2.05. The van der Waals surface area contributed by atoms with E-state index in [-0.39, 0.29) is 0 Å². The fourth-order valence-corrected chi connectivity index (χ4v) is 5.94. The summed E-state index contributed by atoms with van der Waals surface area (Å²) in [6.45, 7) is 5.93. The molecule has 0 N–H and O–H groups in total. The van der Waals surface area contributed by atoms with E-state index in [2.05, 4.69) is 21.4 Å². The number of fused-ring (bicyclic) bond motifs is 3. The van der Waals surface area contributed by atoms with E-state index in [0.29, 0.717) is 31.1 Å². The van der Waals surface area contributed by atoms with Crippen molar-refractivity contribution in [1.82, 2.24) is 13.7 Å². The van der Waals surface area contributed by atoms with Gasteiger partial charge in [-0.05, 0) is 49.7 Å². The molecule has 0 unspecified atom stereocenters. The Labute approximate surface area is 176 Å². The number of aromatic nitrogens is 2. The maximum atomic E-state index is 13.2. The van der Waals surface area contributed by atoms with Crippen molar-refractivity contribution in [3.63, 3.8) is 0 Å². The van der Waals surface area contributed by atoms with Crippen LogP contribution in [0, 0.1) is 13.8 Å². The van der Waals surface area contributed by atoms with Crippen molar-refractivity contribution in [3.8, 4) is 0 Å². The molecule has 4 aromatic rings. The molecular formula is C23H24N4O2S. The molecule has 1 fully saturated rings. The molecule has 5 rings (SSSR count). The standard InChI is InChI=1S/C23H24N4O2S/c1-17-9-10-22(18(2)16-17)30(28,29)26-14-12-25(13-15-26)23-21-8-5-11-27(21)20-7-4-3-6-19(20)24-23/h3-11,16H,12-15H2,1-2H3. The van der Waals surface area contributed by atoms with Gasteiger partial charge in [-0.2, -0.15) is 4.31 Å². The van der Waals surface area contributed by atoms with E-state index in [0.717, 1.165) is 33.5 Å². The highest BCUT2D eigenvalue weighted by atomic mass is 32.2. The third-order valence-corrected chi connectivity index (χ3v) is 7.89. The number of anilines is 1. The van der Waals surface area contributed by atoms with E-state index in [4.69, 9.17) is 4.98 Å². The van der Waals surface area contributed by atoms with Crippen LogP contribution in [0.3, 0.4) is 0 Å². The highest BCUT2D eigenvalue weighted by Crippen LogP contribution is 2.28. The minimum absolute atomic E-state index is 0.402. The first-order chi connectivity index (χ1) is 14.4. The SMILES string of the molecule is Cc1ccc(S(=O)(=O)N2CCN(c3nc4ccccc4n4cccc34)CC2)c(C)c1. The molecule has 0 bridgehead atoms. The van der Waals surface area contributed by atoms with E-state index in [1.807, 2.05) is 56.4 Å². The van der Waals surface area contributed by atoms with Crippen molar-refractivity contribution in [1.29, 1.82) is 0 Å². The van der Waals surface area contributed by atoms with Crippen molar-refractivity contribution in [2.75, 3.05) is 31.1 Å². The molecule has 0 saturated carbocycles. The summed E-state index contributed by atoms with van der Waals surface area (Å²) in [5.41, 5.74) is 4.90. The van der Waals surface area contributed by atoms with Gasteiger partial charge >= 0.3 is 0 Å². The third kappa shape index (κ3) is 3.05. The van der Waals surface area contributed by atoms with Crippen LogP contribution >= 0.6 is 0 Å². The van der Waals surface area contributed by atoms with Crippen molar-refractivity contribution >= 4 is 32.4 Å². The van der Waals surface area contributed by atoms with Crippen LogP contribution in [0.4, 0.5) is 5.82 Å². The second kappa shape index (κ2) is 7.11. The average Bonchev–Trinajstić information content (AvgIpc) is 3.23. The molecule has 154 valence electrons.